The third kappa shape index (κ3) is 2.70. The van der Waals surface area contributed by atoms with Crippen LogP contribution >= 0.6 is 11.6 Å². The topological polar surface area (TPSA) is 69.4 Å². The highest BCUT2D eigenvalue weighted by molar-refractivity contribution is 6.30. The molecule has 0 heterocycles. The van der Waals surface area contributed by atoms with Crippen molar-refractivity contribution < 1.29 is 14.5 Å². The Hall–Kier alpha value is -1.62. The molecule has 0 fully saturated rings. The van der Waals surface area contributed by atoms with Crippen LogP contribution in [0.3, 0.4) is 0 Å². The molecule has 5 nitrogen and oxygen atoms in total. The van der Waals surface area contributed by atoms with Crippen LogP contribution in [0.25, 0.3) is 0 Å². The fraction of sp³-hybridized carbons (Fsp3) is 0.300. The number of hydrogen-bond donors (Lipinski definition) is 0. The van der Waals surface area contributed by atoms with Gasteiger partial charge in [0.25, 0.3) is 0 Å². The van der Waals surface area contributed by atoms with Gasteiger partial charge in [-0.15, -0.1) is 11.6 Å². The Bertz CT molecular complexity index is 419. The Morgan fingerprint density at radius 3 is 2.75 bits per heavy atom. The van der Waals surface area contributed by atoms with Crippen LogP contribution in [0.4, 0.5) is 5.69 Å². The van der Waals surface area contributed by atoms with Gasteiger partial charge in [-0.2, -0.15) is 0 Å². The number of nitro groups is 1. The first-order chi connectivity index (χ1) is 7.60. The largest absolute Gasteiger partial charge is 0.487 e. The number of carbonyl (C=O) groups excluding carboxylic acids is 1. The standard InChI is InChI=1S/C10H10ClNO4/c1-2-16-10-4-3-7(9(13)6-11)5-8(10)12(14)15/h3-5H,2,6H2,1H3. The predicted octanol–water partition coefficient (Wildman–Crippen LogP) is 2.42. The molecule has 0 radical (unpaired) electrons. The molecular formula is C10H10ClNO4. The van der Waals surface area contributed by atoms with Crippen molar-refractivity contribution in [2.24, 2.45) is 0 Å². The maximum absolute atomic E-state index is 11.3. The van der Waals surface area contributed by atoms with Crippen LogP contribution in [0.1, 0.15) is 17.3 Å². The van der Waals surface area contributed by atoms with Gasteiger partial charge in [0.1, 0.15) is 0 Å². The first kappa shape index (κ1) is 12.4. The Balaban J connectivity index is 3.17. The highest BCUT2D eigenvalue weighted by Gasteiger charge is 2.17. The van der Waals surface area contributed by atoms with Crippen LogP contribution < -0.4 is 4.74 Å². The second-order valence-electron chi connectivity index (χ2n) is 2.93. The highest BCUT2D eigenvalue weighted by atomic mass is 35.5. The summed E-state index contributed by atoms with van der Waals surface area (Å²) in [7, 11) is 0. The molecule has 0 saturated carbocycles. The lowest BCUT2D eigenvalue weighted by atomic mass is 10.1. The normalized spacial score (nSPS) is 9.88. The zero-order chi connectivity index (χ0) is 12.1. The van der Waals surface area contributed by atoms with E-state index in [0.717, 1.165) is 0 Å². The van der Waals surface area contributed by atoms with Gasteiger partial charge in [0.15, 0.2) is 11.5 Å². The van der Waals surface area contributed by atoms with E-state index < -0.39 is 4.92 Å². The van der Waals surface area contributed by atoms with Gasteiger partial charge in [0.05, 0.1) is 17.4 Å². The van der Waals surface area contributed by atoms with Crippen molar-refractivity contribution in [2.45, 2.75) is 6.92 Å². The number of benzene rings is 1. The van der Waals surface area contributed by atoms with E-state index in [1.54, 1.807) is 6.92 Å². The van der Waals surface area contributed by atoms with E-state index in [1.165, 1.54) is 18.2 Å². The van der Waals surface area contributed by atoms with Crippen LogP contribution in [0.2, 0.25) is 0 Å². The minimum absolute atomic E-state index is 0.152. The van der Waals surface area contributed by atoms with Crippen molar-refractivity contribution in [3.05, 3.63) is 33.9 Å². The Kier molecular flexibility index (Phi) is 4.25. The number of Topliss-reactive ketones (excluding diaryl/α,β-unsaturated/α-hetero) is 1. The fourth-order valence-electron chi connectivity index (χ4n) is 1.19. The van der Waals surface area contributed by atoms with E-state index in [9.17, 15) is 14.9 Å². The molecule has 0 unspecified atom stereocenters. The van der Waals surface area contributed by atoms with Crippen molar-refractivity contribution in [1.82, 2.24) is 0 Å². The molecule has 16 heavy (non-hydrogen) atoms. The summed E-state index contributed by atoms with van der Waals surface area (Å²) in [6.07, 6.45) is 0. The van der Waals surface area contributed by atoms with E-state index in [-0.39, 0.29) is 28.7 Å². The van der Waals surface area contributed by atoms with Crippen molar-refractivity contribution in [2.75, 3.05) is 12.5 Å². The van der Waals surface area contributed by atoms with Crippen molar-refractivity contribution in [3.63, 3.8) is 0 Å². The van der Waals surface area contributed by atoms with E-state index in [2.05, 4.69) is 0 Å². The lowest BCUT2D eigenvalue weighted by Crippen LogP contribution is -2.03. The first-order valence-electron chi connectivity index (χ1n) is 4.60. The highest BCUT2D eigenvalue weighted by Crippen LogP contribution is 2.28. The summed E-state index contributed by atoms with van der Waals surface area (Å²) < 4.78 is 5.08. The third-order valence-corrected chi connectivity index (χ3v) is 2.14. The minimum Gasteiger partial charge on any atom is -0.487 e. The fourth-order valence-corrected chi connectivity index (χ4v) is 1.34. The lowest BCUT2D eigenvalue weighted by Gasteiger charge is -2.05. The summed E-state index contributed by atoms with van der Waals surface area (Å²) in [5, 5.41) is 10.7. The number of halogens is 1. The average molecular weight is 244 g/mol. The molecule has 1 rings (SSSR count). The lowest BCUT2D eigenvalue weighted by molar-refractivity contribution is -0.385. The van der Waals surface area contributed by atoms with Gasteiger partial charge in [-0.25, -0.2) is 0 Å². The number of ether oxygens (including phenoxy) is 1. The number of carbonyl (C=O) groups is 1. The van der Waals surface area contributed by atoms with Gasteiger partial charge in [-0.1, -0.05) is 0 Å². The molecule has 1 aromatic carbocycles. The summed E-state index contributed by atoms with van der Waals surface area (Å²) >= 11 is 5.37. The summed E-state index contributed by atoms with van der Waals surface area (Å²) in [4.78, 5) is 21.4. The molecule has 0 atom stereocenters. The van der Waals surface area contributed by atoms with Crippen LogP contribution in [0.15, 0.2) is 18.2 Å². The molecule has 1 aromatic rings. The summed E-state index contributed by atoms with van der Waals surface area (Å²) in [6.45, 7) is 2.05. The van der Waals surface area contributed by atoms with E-state index >= 15 is 0 Å². The first-order valence-corrected chi connectivity index (χ1v) is 5.14. The van der Waals surface area contributed by atoms with Crippen LogP contribution in [-0.2, 0) is 0 Å². The second kappa shape index (κ2) is 5.46. The van der Waals surface area contributed by atoms with Crippen molar-refractivity contribution >= 4 is 23.1 Å². The molecule has 0 aliphatic carbocycles. The monoisotopic (exact) mass is 243 g/mol. The number of ketones is 1. The molecule has 0 spiro atoms. The smallest absolute Gasteiger partial charge is 0.311 e. The van der Waals surface area contributed by atoms with E-state index in [1.807, 2.05) is 0 Å². The number of hydrogen-bond acceptors (Lipinski definition) is 4. The molecule has 0 aliphatic rings. The summed E-state index contributed by atoms with van der Waals surface area (Å²) in [6, 6.07) is 4.04. The minimum atomic E-state index is -0.587. The van der Waals surface area contributed by atoms with Crippen LogP contribution in [-0.4, -0.2) is 23.2 Å². The number of rotatable bonds is 5. The van der Waals surface area contributed by atoms with E-state index in [4.69, 9.17) is 16.3 Å². The molecule has 0 aliphatic heterocycles. The number of nitro benzene ring substituents is 1. The van der Waals surface area contributed by atoms with Crippen LogP contribution in [0, 0.1) is 10.1 Å². The molecule has 0 bridgehead atoms. The summed E-state index contributed by atoms with van der Waals surface area (Å²) in [5.41, 5.74) is -0.0111. The van der Waals surface area contributed by atoms with Gasteiger partial charge in [-0.05, 0) is 19.1 Å². The molecule has 0 amide bonds. The molecule has 0 aromatic heterocycles. The Morgan fingerprint density at radius 1 is 1.56 bits per heavy atom. The van der Waals surface area contributed by atoms with Crippen molar-refractivity contribution in [1.29, 1.82) is 0 Å². The van der Waals surface area contributed by atoms with Gasteiger partial charge in [0.2, 0.25) is 0 Å². The van der Waals surface area contributed by atoms with Crippen molar-refractivity contribution in [3.8, 4) is 5.75 Å². The Labute approximate surface area is 97.1 Å². The molecule has 86 valence electrons. The zero-order valence-electron chi connectivity index (χ0n) is 8.60. The maximum Gasteiger partial charge on any atom is 0.311 e. The maximum atomic E-state index is 11.3. The Morgan fingerprint density at radius 2 is 2.25 bits per heavy atom. The number of alkyl halides is 1. The molecular weight excluding hydrogens is 234 g/mol. The molecule has 6 heteroatoms. The quantitative estimate of drug-likeness (QED) is 0.345. The third-order valence-electron chi connectivity index (χ3n) is 1.90. The second-order valence-corrected chi connectivity index (χ2v) is 3.20. The average Bonchev–Trinajstić information content (AvgIpc) is 2.28. The zero-order valence-corrected chi connectivity index (χ0v) is 9.36. The SMILES string of the molecule is CCOc1ccc(C(=O)CCl)cc1[N+](=O)[O-]. The molecule has 0 N–H and O–H groups in total. The van der Waals surface area contributed by atoms with E-state index in [0.29, 0.717) is 6.61 Å². The van der Waals surface area contributed by atoms with Gasteiger partial charge in [-0.3, -0.25) is 14.9 Å². The predicted molar refractivity (Wildman–Crippen MR) is 59.3 cm³/mol. The number of nitrogens with zero attached hydrogens (tertiary/aromatic N) is 1. The summed E-state index contributed by atoms with van der Waals surface area (Å²) in [5.74, 6) is -0.406. The van der Waals surface area contributed by atoms with Gasteiger partial charge >= 0.3 is 5.69 Å². The van der Waals surface area contributed by atoms with Gasteiger partial charge in [0, 0.05) is 11.6 Å². The molecule has 0 saturated heterocycles. The van der Waals surface area contributed by atoms with Crippen LogP contribution in [0.5, 0.6) is 5.75 Å². The van der Waals surface area contributed by atoms with Gasteiger partial charge < -0.3 is 4.74 Å².